The van der Waals surface area contributed by atoms with Crippen molar-refractivity contribution >= 4 is 22.4 Å². The van der Waals surface area contributed by atoms with Gasteiger partial charge in [-0.25, -0.2) is 4.98 Å². The molecule has 1 aliphatic heterocycles. The Morgan fingerprint density at radius 2 is 2.17 bits per heavy atom. The molecular formula is C19H19N3OS. The molecule has 0 spiro atoms. The average Bonchev–Trinajstić information content (AvgIpc) is 3.23. The highest BCUT2D eigenvalue weighted by atomic mass is 32.1. The van der Waals surface area contributed by atoms with Crippen LogP contribution in [0.25, 0.3) is 11.0 Å². The van der Waals surface area contributed by atoms with Crippen LogP contribution >= 0.6 is 11.3 Å². The van der Waals surface area contributed by atoms with Crippen LogP contribution in [0, 0.1) is 0 Å². The molecule has 24 heavy (non-hydrogen) atoms. The van der Waals surface area contributed by atoms with Gasteiger partial charge in [0.1, 0.15) is 0 Å². The molecule has 1 aliphatic rings. The summed E-state index contributed by atoms with van der Waals surface area (Å²) in [4.78, 5) is 19.9. The third-order valence-corrected chi connectivity index (χ3v) is 5.20. The molecule has 1 aromatic carbocycles. The summed E-state index contributed by atoms with van der Waals surface area (Å²) < 4.78 is 1.60. The second kappa shape index (κ2) is 6.71. The molecule has 2 aromatic heterocycles. The van der Waals surface area contributed by atoms with E-state index in [0.717, 1.165) is 30.2 Å². The highest BCUT2D eigenvalue weighted by Crippen LogP contribution is 2.21. The second-order valence-corrected chi connectivity index (χ2v) is 6.96. The van der Waals surface area contributed by atoms with E-state index in [-0.39, 0.29) is 5.56 Å². The lowest BCUT2D eigenvalue weighted by atomic mass is 10.1. The van der Waals surface area contributed by atoms with Crippen LogP contribution in [0.15, 0.2) is 58.8 Å². The highest BCUT2D eigenvalue weighted by molar-refractivity contribution is 7.15. The standard InChI is InChI=1S/C19H19N3OS/c23-18-13-16(20-19-22(18)11-12-24-19)14-21-10-4-7-17(21)9-8-15-5-2-1-3-6-15/h1-3,5-6,8-9,11-13,17H,4,7,10,14H2. The summed E-state index contributed by atoms with van der Waals surface area (Å²) in [5.41, 5.74) is 2.09. The maximum Gasteiger partial charge on any atom is 0.258 e. The van der Waals surface area contributed by atoms with Gasteiger partial charge in [-0.15, -0.1) is 11.3 Å². The van der Waals surface area contributed by atoms with E-state index in [4.69, 9.17) is 0 Å². The second-order valence-electron chi connectivity index (χ2n) is 6.09. The van der Waals surface area contributed by atoms with Crippen molar-refractivity contribution in [3.05, 3.63) is 75.7 Å². The normalized spacial score (nSPS) is 18.8. The lowest BCUT2D eigenvalue weighted by Gasteiger charge is -2.21. The number of aromatic nitrogens is 2. The van der Waals surface area contributed by atoms with E-state index in [2.05, 4.69) is 46.3 Å². The lowest BCUT2D eigenvalue weighted by Crippen LogP contribution is -2.28. The van der Waals surface area contributed by atoms with Crippen LogP contribution in [0.5, 0.6) is 0 Å². The number of fused-ring (bicyclic) bond motifs is 1. The third-order valence-electron chi connectivity index (χ3n) is 4.45. The van der Waals surface area contributed by atoms with Crippen molar-refractivity contribution in [3.8, 4) is 0 Å². The first kappa shape index (κ1) is 15.3. The van der Waals surface area contributed by atoms with Gasteiger partial charge in [0.15, 0.2) is 4.96 Å². The lowest BCUT2D eigenvalue weighted by molar-refractivity contribution is 0.279. The van der Waals surface area contributed by atoms with Crippen molar-refractivity contribution < 1.29 is 0 Å². The quantitative estimate of drug-likeness (QED) is 0.732. The zero-order valence-corrected chi connectivity index (χ0v) is 14.2. The Morgan fingerprint density at radius 3 is 3.04 bits per heavy atom. The van der Waals surface area contributed by atoms with Crippen LogP contribution < -0.4 is 5.56 Å². The van der Waals surface area contributed by atoms with Gasteiger partial charge in [-0.1, -0.05) is 42.5 Å². The monoisotopic (exact) mass is 337 g/mol. The van der Waals surface area contributed by atoms with Gasteiger partial charge in [-0.05, 0) is 24.9 Å². The van der Waals surface area contributed by atoms with Crippen molar-refractivity contribution in [2.75, 3.05) is 6.54 Å². The number of thiazole rings is 1. The zero-order chi connectivity index (χ0) is 16.4. The fraction of sp³-hybridized carbons (Fsp3) is 0.263. The molecule has 0 aliphatic carbocycles. The molecule has 1 atom stereocenters. The van der Waals surface area contributed by atoms with Gasteiger partial charge in [-0.2, -0.15) is 0 Å². The average molecular weight is 337 g/mol. The molecule has 4 rings (SSSR count). The SMILES string of the molecule is O=c1cc(CN2CCCC2C=Cc2ccccc2)nc2sccn12. The van der Waals surface area contributed by atoms with Crippen LogP contribution in [0.4, 0.5) is 0 Å². The summed E-state index contributed by atoms with van der Waals surface area (Å²) in [6.07, 6.45) is 8.58. The molecule has 122 valence electrons. The van der Waals surface area contributed by atoms with E-state index in [0.29, 0.717) is 6.04 Å². The molecule has 1 fully saturated rings. The Hall–Kier alpha value is -2.24. The molecule has 1 saturated heterocycles. The summed E-state index contributed by atoms with van der Waals surface area (Å²) in [5.74, 6) is 0. The van der Waals surface area contributed by atoms with E-state index in [1.165, 1.54) is 23.3 Å². The van der Waals surface area contributed by atoms with Gasteiger partial charge < -0.3 is 0 Å². The Bertz CT molecular complexity index is 913. The predicted molar refractivity (Wildman–Crippen MR) is 98.2 cm³/mol. The molecule has 4 nitrogen and oxygen atoms in total. The molecule has 3 aromatic rings. The number of rotatable bonds is 4. The number of hydrogen-bond donors (Lipinski definition) is 0. The van der Waals surface area contributed by atoms with Crippen LogP contribution in [0.3, 0.4) is 0 Å². The smallest absolute Gasteiger partial charge is 0.258 e. The molecule has 0 bridgehead atoms. The number of benzene rings is 1. The van der Waals surface area contributed by atoms with Crippen molar-refractivity contribution in [1.29, 1.82) is 0 Å². The largest absolute Gasteiger partial charge is 0.291 e. The molecule has 0 amide bonds. The Morgan fingerprint density at radius 1 is 1.29 bits per heavy atom. The minimum absolute atomic E-state index is 0.00632. The first-order valence-corrected chi connectivity index (χ1v) is 9.11. The van der Waals surface area contributed by atoms with Crippen molar-refractivity contribution in [2.45, 2.75) is 25.4 Å². The van der Waals surface area contributed by atoms with Crippen LogP contribution in [0.1, 0.15) is 24.1 Å². The van der Waals surface area contributed by atoms with Crippen LogP contribution in [0.2, 0.25) is 0 Å². The molecule has 0 N–H and O–H groups in total. The minimum Gasteiger partial charge on any atom is -0.291 e. The van der Waals surface area contributed by atoms with Gasteiger partial charge in [-0.3, -0.25) is 14.1 Å². The summed E-state index contributed by atoms with van der Waals surface area (Å²) in [6, 6.07) is 12.4. The van der Waals surface area contributed by atoms with Gasteiger partial charge in [0, 0.05) is 30.2 Å². The van der Waals surface area contributed by atoms with E-state index in [1.807, 2.05) is 11.4 Å². The van der Waals surface area contributed by atoms with Crippen molar-refractivity contribution in [3.63, 3.8) is 0 Å². The first-order chi connectivity index (χ1) is 11.8. The number of hydrogen-bond acceptors (Lipinski definition) is 4. The molecule has 3 heterocycles. The predicted octanol–water partition coefficient (Wildman–Crippen LogP) is 3.43. The molecule has 5 heteroatoms. The van der Waals surface area contributed by atoms with Gasteiger partial charge in [0.2, 0.25) is 0 Å². The molecular weight excluding hydrogens is 318 g/mol. The van der Waals surface area contributed by atoms with Crippen LogP contribution in [-0.2, 0) is 6.54 Å². The summed E-state index contributed by atoms with van der Waals surface area (Å²) in [7, 11) is 0. The first-order valence-electron chi connectivity index (χ1n) is 8.23. The maximum absolute atomic E-state index is 12.1. The molecule has 0 radical (unpaired) electrons. The summed E-state index contributed by atoms with van der Waals surface area (Å²) >= 11 is 1.50. The highest BCUT2D eigenvalue weighted by Gasteiger charge is 2.22. The Kier molecular flexibility index (Phi) is 4.28. The fourth-order valence-corrected chi connectivity index (χ4v) is 3.97. The van der Waals surface area contributed by atoms with Gasteiger partial charge >= 0.3 is 0 Å². The molecule has 1 unspecified atom stereocenters. The fourth-order valence-electron chi connectivity index (χ4n) is 3.23. The summed E-state index contributed by atoms with van der Waals surface area (Å²) in [6.45, 7) is 1.78. The molecule has 0 saturated carbocycles. The summed E-state index contributed by atoms with van der Waals surface area (Å²) in [5, 5.41) is 1.90. The van der Waals surface area contributed by atoms with Gasteiger partial charge in [0.05, 0.1) is 5.69 Å². The third kappa shape index (κ3) is 3.18. The van der Waals surface area contributed by atoms with Crippen molar-refractivity contribution in [1.82, 2.24) is 14.3 Å². The zero-order valence-electron chi connectivity index (χ0n) is 13.3. The van der Waals surface area contributed by atoms with Crippen molar-refractivity contribution in [2.24, 2.45) is 0 Å². The Balaban J connectivity index is 1.52. The van der Waals surface area contributed by atoms with E-state index in [9.17, 15) is 4.79 Å². The van der Waals surface area contributed by atoms with E-state index >= 15 is 0 Å². The maximum atomic E-state index is 12.1. The minimum atomic E-state index is 0.00632. The van der Waals surface area contributed by atoms with E-state index in [1.54, 1.807) is 16.7 Å². The Labute approximate surface area is 144 Å². The van der Waals surface area contributed by atoms with Gasteiger partial charge in [0.25, 0.3) is 5.56 Å². The topological polar surface area (TPSA) is 37.6 Å². The number of nitrogens with zero attached hydrogens (tertiary/aromatic N) is 3. The number of likely N-dealkylation sites (tertiary alicyclic amines) is 1. The van der Waals surface area contributed by atoms with Crippen LogP contribution in [-0.4, -0.2) is 26.9 Å². The van der Waals surface area contributed by atoms with E-state index < -0.39 is 0 Å².